The lowest BCUT2D eigenvalue weighted by Gasteiger charge is -2.32. The number of hydrogen-bond donors (Lipinski definition) is 10. The van der Waals surface area contributed by atoms with Crippen LogP contribution in [0.15, 0.2) is 4.99 Å². The van der Waals surface area contributed by atoms with E-state index in [1.54, 1.807) is 13.8 Å². The molecular formula is C26H47N9O12P-. The number of nitrogens with zero attached hydrogens (tertiary/aromatic N) is 1. The maximum Gasteiger partial charge on any atom is 0.322 e. The van der Waals surface area contributed by atoms with E-state index in [4.69, 9.17) is 21.7 Å². The zero-order valence-corrected chi connectivity index (χ0v) is 28.2. The highest BCUT2D eigenvalue weighted by atomic mass is 31.2. The van der Waals surface area contributed by atoms with Crippen molar-refractivity contribution in [3.05, 3.63) is 0 Å². The van der Waals surface area contributed by atoms with Gasteiger partial charge in [0.15, 0.2) is 5.96 Å². The molecule has 0 bridgehead atoms. The van der Waals surface area contributed by atoms with Crippen LogP contribution in [0.2, 0.25) is 0 Å². The van der Waals surface area contributed by atoms with E-state index in [1.165, 1.54) is 13.8 Å². The average Bonchev–Trinajstić information content (AvgIpc) is 2.99. The highest BCUT2D eigenvalue weighted by Gasteiger charge is 2.31. The number of carboxylic acids is 2. The lowest BCUT2D eigenvalue weighted by Crippen LogP contribution is -2.56. The zero-order chi connectivity index (χ0) is 37.0. The molecule has 0 radical (unpaired) electrons. The standard InChI is InChI=1S/C26H48N9O12P/c1-5-14(3)21(35-48(45,46)47-6-2)25(44)32-15(4)22(41)30-12-18(36)33-17(9-10-19(37)38)24(43)34-16(8-7-11-29-26(27)28)23(42)31-13-20(39)40/h14-17,21H,5-13H2,1-4H3,(H,30,41)(H,31,42)(H,32,44)(H,33,36)(H,34,43)(H,37,38)(H,39,40)(H4,27,28,29)(H2,35,45,46)/p-1/t14-,15-,16-,17-,21-/m0/s1. The number of amides is 5. The van der Waals surface area contributed by atoms with Crippen molar-refractivity contribution < 1.29 is 57.8 Å². The van der Waals surface area contributed by atoms with E-state index in [0.717, 1.165) is 0 Å². The Morgan fingerprint density at radius 1 is 0.833 bits per heavy atom. The summed E-state index contributed by atoms with van der Waals surface area (Å²) in [7, 11) is -4.57. The number of aliphatic carboxylic acids is 2. The second-order valence-electron chi connectivity index (χ2n) is 10.5. The quantitative estimate of drug-likeness (QED) is 0.0199. The molecule has 0 fully saturated rings. The van der Waals surface area contributed by atoms with Gasteiger partial charge < -0.3 is 57.7 Å². The fourth-order valence-corrected chi connectivity index (χ4v) is 4.99. The molecule has 6 atom stereocenters. The molecule has 48 heavy (non-hydrogen) atoms. The Bertz CT molecular complexity index is 1210. The maximum atomic E-state index is 13.1. The summed E-state index contributed by atoms with van der Waals surface area (Å²) < 4.78 is 16.7. The summed E-state index contributed by atoms with van der Waals surface area (Å²) in [4.78, 5) is 102. The van der Waals surface area contributed by atoms with E-state index in [2.05, 4.69) is 41.2 Å². The number of carboxylic acid groups (broad SMARTS) is 2. The van der Waals surface area contributed by atoms with Gasteiger partial charge in [-0.2, -0.15) is 0 Å². The summed E-state index contributed by atoms with van der Waals surface area (Å²) in [6.07, 6.45) is -0.467. The average molecular weight is 709 g/mol. The summed E-state index contributed by atoms with van der Waals surface area (Å²) in [5.74, 6) is -7.79. The molecule has 0 spiro atoms. The molecule has 0 aromatic rings. The molecule has 21 nitrogen and oxygen atoms in total. The molecule has 0 saturated carbocycles. The highest BCUT2D eigenvalue weighted by molar-refractivity contribution is 7.49. The van der Waals surface area contributed by atoms with Crippen LogP contribution in [0, 0.1) is 5.92 Å². The summed E-state index contributed by atoms with van der Waals surface area (Å²) in [5, 5.41) is 31.5. The molecule has 0 saturated heterocycles. The van der Waals surface area contributed by atoms with Crippen LogP contribution in [0.5, 0.6) is 0 Å². The van der Waals surface area contributed by atoms with Gasteiger partial charge in [0.25, 0.3) is 0 Å². The lowest BCUT2D eigenvalue weighted by molar-refractivity contribution is -0.203. The number of hydrogen-bond acceptors (Lipinski definition) is 11. The van der Waals surface area contributed by atoms with Crippen molar-refractivity contribution in [2.24, 2.45) is 22.4 Å². The van der Waals surface area contributed by atoms with E-state index in [0.29, 0.717) is 6.42 Å². The first-order chi connectivity index (χ1) is 22.3. The molecule has 5 amide bonds. The maximum absolute atomic E-state index is 13.1. The number of nitrogens with two attached hydrogens (primary N) is 2. The normalized spacial score (nSPS) is 15.2. The largest absolute Gasteiger partial charge is 0.766 e. The van der Waals surface area contributed by atoms with Crippen LogP contribution in [0.1, 0.15) is 59.8 Å². The summed E-state index contributed by atoms with van der Waals surface area (Å²) in [5.41, 5.74) is 10.5. The van der Waals surface area contributed by atoms with Crippen LogP contribution >= 0.6 is 7.75 Å². The zero-order valence-electron chi connectivity index (χ0n) is 27.3. The van der Waals surface area contributed by atoms with Gasteiger partial charge in [0, 0.05) is 13.0 Å². The Morgan fingerprint density at radius 2 is 1.44 bits per heavy atom. The minimum atomic E-state index is -4.57. The predicted octanol–water partition coefficient (Wildman–Crippen LogP) is -3.79. The first-order valence-electron chi connectivity index (χ1n) is 15.0. The van der Waals surface area contributed by atoms with E-state index < -0.39 is 105 Å². The van der Waals surface area contributed by atoms with Crippen molar-refractivity contribution in [2.75, 3.05) is 26.2 Å². The molecule has 0 rings (SSSR count). The number of aliphatic imine (C=N–C) groups is 1. The van der Waals surface area contributed by atoms with Crippen molar-refractivity contribution >= 4 is 55.2 Å². The van der Waals surface area contributed by atoms with Crippen LogP contribution in [0.25, 0.3) is 0 Å². The van der Waals surface area contributed by atoms with Gasteiger partial charge in [-0.05, 0) is 39.0 Å². The number of carbonyl (C=O) groups excluding carboxylic acids is 5. The van der Waals surface area contributed by atoms with Gasteiger partial charge in [0.05, 0.1) is 19.2 Å². The van der Waals surface area contributed by atoms with Crippen LogP contribution in [-0.2, 0) is 42.7 Å². The van der Waals surface area contributed by atoms with Crippen LogP contribution < -0.4 is 48.0 Å². The minimum Gasteiger partial charge on any atom is -0.766 e. The van der Waals surface area contributed by atoms with E-state index in [-0.39, 0.29) is 32.0 Å². The topological polar surface area (TPSA) is 346 Å². The molecular weight excluding hydrogens is 661 g/mol. The van der Waals surface area contributed by atoms with Crippen molar-refractivity contribution in [3.8, 4) is 0 Å². The SMILES string of the molecule is CCOP(=O)([O-])N[C@H](C(=O)N[C@@H](C)C(=O)NCC(=O)N[C@@H](CCC(=O)O)C(=O)N[C@@H](CCCN=C(N)N)C(=O)NCC(=O)O)[C@@H](C)CC. The molecule has 0 heterocycles. The second kappa shape index (κ2) is 22.3. The fraction of sp³-hybridized carbons (Fsp3) is 0.692. The Balaban J connectivity index is 5.50. The van der Waals surface area contributed by atoms with E-state index in [1.807, 2.05) is 0 Å². The lowest BCUT2D eigenvalue weighted by atomic mass is 9.99. The second-order valence-corrected chi connectivity index (χ2v) is 12.0. The van der Waals surface area contributed by atoms with Gasteiger partial charge in [-0.3, -0.25) is 43.1 Å². The van der Waals surface area contributed by atoms with Gasteiger partial charge in [-0.15, -0.1) is 0 Å². The number of nitrogens with one attached hydrogen (secondary N) is 6. The third-order valence-electron chi connectivity index (χ3n) is 6.56. The Hall–Kier alpha value is -4.33. The van der Waals surface area contributed by atoms with Crippen LogP contribution in [0.4, 0.5) is 0 Å². The number of carbonyl (C=O) groups is 7. The molecule has 0 aliphatic rings. The Kier molecular flexibility index (Phi) is 20.3. The molecule has 274 valence electrons. The van der Waals surface area contributed by atoms with Gasteiger partial charge in [-0.1, -0.05) is 20.3 Å². The van der Waals surface area contributed by atoms with Crippen molar-refractivity contribution in [2.45, 2.75) is 84.0 Å². The first kappa shape index (κ1) is 43.7. The van der Waals surface area contributed by atoms with Crippen LogP contribution in [0.3, 0.4) is 0 Å². The molecule has 1 unspecified atom stereocenters. The van der Waals surface area contributed by atoms with Gasteiger partial charge in [-0.25, -0.2) is 5.09 Å². The molecule has 0 aliphatic carbocycles. The summed E-state index contributed by atoms with van der Waals surface area (Å²) in [6, 6.07) is -5.31. The molecule has 0 aromatic carbocycles. The third-order valence-corrected chi connectivity index (χ3v) is 7.75. The van der Waals surface area contributed by atoms with Crippen molar-refractivity contribution in [1.29, 1.82) is 0 Å². The predicted molar refractivity (Wildman–Crippen MR) is 168 cm³/mol. The van der Waals surface area contributed by atoms with Gasteiger partial charge >= 0.3 is 11.9 Å². The fourth-order valence-electron chi connectivity index (χ4n) is 3.86. The van der Waals surface area contributed by atoms with Crippen LogP contribution in [-0.4, -0.2) is 108 Å². The number of rotatable bonds is 24. The minimum absolute atomic E-state index is 0.0569. The monoisotopic (exact) mass is 708 g/mol. The number of guanidine groups is 1. The molecule has 0 aliphatic heterocycles. The van der Waals surface area contributed by atoms with Crippen molar-refractivity contribution in [3.63, 3.8) is 0 Å². The van der Waals surface area contributed by atoms with Gasteiger partial charge in [0.1, 0.15) is 24.7 Å². The van der Waals surface area contributed by atoms with E-state index in [9.17, 15) is 43.0 Å². The molecule has 0 aromatic heterocycles. The Morgan fingerprint density at radius 3 is 1.98 bits per heavy atom. The Labute approximate surface area is 277 Å². The first-order valence-corrected chi connectivity index (χ1v) is 16.6. The molecule has 22 heteroatoms. The van der Waals surface area contributed by atoms with E-state index >= 15 is 0 Å². The summed E-state index contributed by atoms with van der Waals surface area (Å²) in [6.45, 7) is 4.52. The highest BCUT2D eigenvalue weighted by Crippen LogP contribution is 2.33. The van der Waals surface area contributed by atoms with Crippen molar-refractivity contribution in [1.82, 2.24) is 31.7 Å². The smallest absolute Gasteiger partial charge is 0.322 e. The van der Waals surface area contributed by atoms with Gasteiger partial charge in [0.2, 0.25) is 37.3 Å². The summed E-state index contributed by atoms with van der Waals surface area (Å²) >= 11 is 0. The molecule has 12 N–H and O–H groups in total. The third kappa shape index (κ3) is 18.7.